The number of nitrogens with zero attached hydrogens (tertiary/aromatic N) is 1. The third-order valence-electron chi connectivity index (χ3n) is 5.62. The molecule has 1 N–H and O–H groups in total. The van der Waals surface area contributed by atoms with E-state index in [1.165, 1.54) is 30.3 Å². The number of benzene rings is 3. The Morgan fingerprint density at radius 3 is 2.40 bits per heavy atom. The molecule has 184 valence electrons. The Morgan fingerprint density at radius 2 is 1.69 bits per heavy atom. The molecule has 0 saturated carbocycles. The van der Waals surface area contributed by atoms with E-state index in [-0.39, 0.29) is 16.6 Å². The molecule has 0 spiro atoms. The van der Waals surface area contributed by atoms with E-state index in [9.17, 15) is 17.6 Å². The lowest BCUT2D eigenvalue weighted by Gasteiger charge is -2.26. The molecule has 3 aromatic carbocycles. The average Bonchev–Trinajstić information content (AvgIpc) is 2.87. The second kappa shape index (κ2) is 10.8. The number of fused-ring (bicyclic) bond motifs is 1. The first kappa shape index (κ1) is 24.5. The Morgan fingerprint density at radius 1 is 1.00 bits per heavy atom. The predicted octanol–water partition coefficient (Wildman–Crippen LogP) is 3.93. The number of sulfonamides is 1. The van der Waals surface area contributed by atoms with Crippen molar-refractivity contribution in [2.45, 2.75) is 30.7 Å². The van der Waals surface area contributed by atoms with Crippen molar-refractivity contribution < 1.29 is 27.1 Å². The van der Waals surface area contributed by atoms with Crippen molar-refractivity contribution in [2.75, 3.05) is 24.1 Å². The topological polar surface area (TPSA) is 84.9 Å². The number of hydrogen-bond acceptors (Lipinski definition) is 5. The van der Waals surface area contributed by atoms with E-state index in [0.29, 0.717) is 31.1 Å². The maximum atomic E-state index is 13.6. The smallest absolute Gasteiger partial charge is 0.264 e. The Labute approximate surface area is 204 Å². The minimum atomic E-state index is -4.17. The monoisotopic (exact) mass is 498 g/mol. The lowest BCUT2D eigenvalue weighted by molar-refractivity contribution is -0.120. The van der Waals surface area contributed by atoms with E-state index in [2.05, 4.69) is 5.32 Å². The van der Waals surface area contributed by atoms with Gasteiger partial charge in [-0.15, -0.1) is 0 Å². The Hall–Kier alpha value is -3.59. The summed E-state index contributed by atoms with van der Waals surface area (Å²) in [6.45, 7) is 2.10. The van der Waals surface area contributed by atoms with E-state index in [1.807, 2.05) is 37.3 Å². The second-order valence-corrected chi connectivity index (χ2v) is 10.1. The molecule has 7 nitrogen and oxygen atoms in total. The molecule has 0 fully saturated rings. The molecule has 1 aliphatic heterocycles. The summed E-state index contributed by atoms with van der Waals surface area (Å²) in [5.74, 6) is -0.204. The molecule has 9 heteroatoms. The molecule has 35 heavy (non-hydrogen) atoms. The van der Waals surface area contributed by atoms with Crippen LogP contribution in [0.25, 0.3) is 0 Å². The quantitative estimate of drug-likeness (QED) is 0.483. The van der Waals surface area contributed by atoms with Gasteiger partial charge in [0.15, 0.2) is 11.5 Å². The number of ether oxygens (including phenoxy) is 2. The highest BCUT2D eigenvalue weighted by Crippen LogP contribution is 2.34. The van der Waals surface area contributed by atoms with Crippen molar-refractivity contribution in [3.63, 3.8) is 0 Å². The van der Waals surface area contributed by atoms with Crippen molar-refractivity contribution in [1.29, 1.82) is 0 Å². The highest BCUT2D eigenvalue weighted by atomic mass is 32.2. The predicted molar refractivity (Wildman–Crippen MR) is 131 cm³/mol. The maximum absolute atomic E-state index is 13.6. The zero-order valence-corrected chi connectivity index (χ0v) is 20.1. The fourth-order valence-electron chi connectivity index (χ4n) is 3.78. The van der Waals surface area contributed by atoms with Crippen LogP contribution >= 0.6 is 0 Å². The molecule has 1 atom stereocenters. The number of amides is 1. The minimum absolute atomic E-state index is 0.0593. The first-order valence-electron chi connectivity index (χ1n) is 11.3. The van der Waals surface area contributed by atoms with Crippen LogP contribution in [0.5, 0.6) is 11.5 Å². The third kappa shape index (κ3) is 6.10. The normalized spacial score (nSPS) is 13.7. The Balaban J connectivity index is 1.52. The zero-order valence-electron chi connectivity index (χ0n) is 19.3. The zero-order chi connectivity index (χ0) is 24.8. The summed E-state index contributed by atoms with van der Waals surface area (Å²) < 4.78 is 52.7. The third-order valence-corrected chi connectivity index (χ3v) is 7.39. The van der Waals surface area contributed by atoms with Crippen LogP contribution in [-0.2, 0) is 21.2 Å². The van der Waals surface area contributed by atoms with Crippen molar-refractivity contribution in [3.05, 3.63) is 84.2 Å². The maximum Gasteiger partial charge on any atom is 0.264 e. The Bertz CT molecular complexity index is 1270. The van der Waals surface area contributed by atoms with Gasteiger partial charge in [-0.3, -0.25) is 9.10 Å². The van der Waals surface area contributed by atoms with Gasteiger partial charge in [0.25, 0.3) is 10.0 Å². The fraction of sp³-hybridized carbons (Fsp3) is 0.269. The van der Waals surface area contributed by atoms with Gasteiger partial charge in [-0.05, 0) is 61.7 Å². The molecular weight excluding hydrogens is 471 g/mol. The summed E-state index contributed by atoms with van der Waals surface area (Å²) in [5.41, 5.74) is 1.33. The van der Waals surface area contributed by atoms with Crippen molar-refractivity contribution in [2.24, 2.45) is 0 Å². The first-order valence-corrected chi connectivity index (χ1v) is 12.8. The second-order valence-electron chi connectivity index (χ2n) is 8.29. The molecule has 0 aliphatic carbocycles. The molecule has 0 bridgehead atoms. The number of carbonyl (C=O) groups excluding carboxylic acids is 1. The Kier molecular flexibility index (Phi) is 7.55. The number of anilines is 1. The van der Waals surface area contributed by atoms with Crippen molar-refractivity contribution in [1.82, 2.24) is 5.32 Å². The van der Waals surface area contributed by atoms with E-state index in [1.54, 1.807) is 0 Å². The van der Waals surface area contributed by atoms with Crippen LogP contribution in [0.15, 0.2) is 77.7 Å². The minimum Gasteiger partial charge on any atom is -0.486 e. The van der Waals surface area contributed by atoms with Gasteiger partial charge in [-0.2, -0.15) is 0 Å². The lowest BCUT2D eigenvalue weighted by Crippen LogP contribution is -2.43. The molecule has 4 rings (SSSR count). The summed E-state index contributed by atoms with van der Waals surface area (Å²) in [7, 11) is -4.17. The van der Waals surface area contributed by atoms with Crippen LogP contribution < -0.4 is 19.1 Å². The van der Waals surface area contributed by atoms with Gasteiger partial charge >= 0.3 is 0 Å². The van der Waals surface area contributed by atoms with Crippen molar-refractivity contribution in [3.8, 4) is 11.5 Å². The summed E-state index contributed by atoms with van der Waals surface area (Å²) in [6, 6.07) is 19.0. The summed E-state index contributed by atoms with van der Waals surface area (Å²) in [4.78, 5) is 12.8. The number of aryl methyl sites for hydroxylation is 1. The van der Waals surface area contributed by atoms with E-state index in [4.69, 9.17) is 9.47 Å². The number of rotatable bonds is 9. The molecule has 0 aromatic heterocycles. The van der Waals surface area contributed by atoms with Gasteiger partial charge in [0.05, 0.1) is 10.6 Å². The van der Waals surface area contributed by atoms with Gasteiger partial charge < -0.3 is 14.8 Å². The summed E-state index contributed by atoms with van der Waals surface area (Å²) in [6.07, 6.45) is 1.47. The standard InChI is InChI=1S/C26H27FN2O5S/c1-19(7-8-20-5-3-2-4-6-20)28-26(30)18-29(22-11-9-21(27)10-12-22)35(31,32)23-13-14-24-25(17-23)34-16-15-33-24/h2-6,9-14,17,19H,7-8,15-16,18H2,1H3,(H,28,30)/t19-/m1/s1. The van der Waals surface area contributed by atoms with Crippen LogP contribution in [0.3, 0.4) is 0 Å². The number of carbonyl (C=O) groups is 1. The largest absolute Gasteiger partial charge is 0.486 e. The summed E-state index contributed by atoms with van der Waals surface area (Å²) >= 11 is 0. The van der Waals surface area contributed by atoms with Gasteiger partial charge in [0.2, 0.25) is 5.91 Å². The van der Waals surface area contributed by atoms with Gasteiger partial charge in [0.1, 0.15) is 25.6 Å². The van der Waals surface area contributed by atoms with Crippen LogP contribution in [0.2, 0.25) is 0 Å². The molecule has 0 radical (unpaired) electrons. The molecule has 3 aromatic rings. The number of hydrogen-bond donors (Lipinski definition) is 1. The molecule has 1 amide bonds. The molecule has 0 saturated heterocycles. The average molecular weight is 499 g/mol. The van der Waals surface area contributed by atoms with Crippen molar-refractivity contribution >= 4 is 21.6 Å². The SMILES string of the molecule is C[C@H](CCc1ccccc1)NC(=O)CN(c1ccc(F)cc1)S(=O)(=O)c1ccc2c(c1)OCCO2. The van der Waals surface area contributed by atoms with E-state index in [0.717, 1.165) is 28.4 Å². The highest BCUT2D eigenvalue weighted by Gasteiger charge is 2.29. The first-order chi connectivity index (χ1) is 16.8. The number of halogens is 1. The lowest BCUT2D eigenvalue weighted by atomic mass is 10.1. The fourth-order valence-corrected chi connectivity index (χ4v) is 5.22. The van der Waals surface area contributed by atoms with Gasteiger partial charge in [-0.25, -0.2) is 12.8 Å². The highest BCUT2D eigenvalue weighted by molar-refractivity contribution is 7.92. The van der Waals surface area contributed by atoms with Crippen LogP contribution in [-0.4, -0.2) is 40.1 Å². The van der Waals surface area contributed by atoms with E-state index < -0.39 is 28.3 Å². The van der Waals surface area contributed by atoms with Gasteiger partial charge in [0, 0.05) is 12.1 Å². The number of nitrogens with one attached hydrogen (secondary N) is 1. The molecule has 1 aliphatic rings. The summed E-state index contributed by atoms with van der Waals surface area (Å²) in [5, 5.41) is 2.87. The van der Waals surface area contributed by atoms with E-state index >= 15 is 0 Å². The van der Waals surface area contributed by atoms with Crippen LogP contribution in [0, 0.1) is 5.82 Å². The van der Waals surface area contributed by atoms with Crippen LogP contribution in [0.1, 0.15) is 18.9 Å². The molecule has 1 heterocycles. The van der Waals surface area contributed by atoms with Gasteiger partial charge in [-0.1, -0.05) is 30.3 Å². The molecular formula is C26H27FN2O5S. The molecule has 0 unspecified atom stereocenters. The van der Waals surface area contributed by atoms with Crippen LogP contribution in [0.4, 0.5) is 10.1 Å².